The molecule has 122 valence electrons. The first-order valence-corrected chi connectivity index (χ1v) is 7.12. The summed E-state index contributed by atoms with van der Waals surface area (Å²) in [6.07, 6.45) is 3.06. The van der Waals surface area contributed by atoms with E-state index in [0.717, 1.165) is 11.3 Å². The van der Waals surface area contributed by atoms with E-state index < -0.39 is 5.97 Å². The molecule has 1 N–H and O–H groups in total. The summed E-state index contributed by atoms with van der Waals surface area (Å²) in [5.41, 5.74) is 1.47. The van der Waals surface area contributed by atoms with Gasteiger partial charge in [-0.1, -0.05) is 12.1 Å². The number of nitrogens with zero attached hydrogens (tertiary/aromatic N) is 3. The summed E-state index contributed by atoms with van der Waals surface area (Å²) < 4.78 is 6.77. The molecule has 23 heavy (non-hydrogen) atoms. The van der Waals surface area contributed by atoms with Gasteiger partial charge in [-0.05, 0) is 17.7 Å². The number of hydrogen-bond donors (Lipinski definition) is 1. The molecule has 0 bridgehead atoms. The Morgan fingerprint density at radius 1 is 1.30 bits per heavy atom. The van der Waals surface area contributed by atoms with Gasteiger partial charge in [-0.2, -0.15) is 5.10 Å². The number of aromatic nitrogens is 2. The first kappa shape index (κ1) is 16.5. The molecule has 7 nitrogen and oxygen atoms in total. The maximum Gasteiger partial charge on any atom is 0.305 e. The number of benzene rings is 1. The Morgan fingerprint density at radius 2 is 2.00 bits per heavy atom. The van der Waals surface area contributed by atoms with E-state index in [4.69, 9.17) is 9.84 Å². The number of carbonyl (C=O) groups excluding carboxylic acids is 1. The molecule has 2 aromatic rings. The quantitative estimate of drug-likeness (QED) is 0.836. The molecule has 0 unspecified atom stereocenters. The van der Waals surface area contributed by atoms with Gasteiger partial charge in [0.25, 0.3) is 5.91 Å². The minimum absolute atomic E-state index is 0.0811. The zero-order valence-corrected chi connectivity index (χ0v) is 13.1. The Kier molecular flexibility index (Phi) is 5.35. The highest BCUT2D eigenvalue weighted by Crippen LogP contribution is 2.12. The first-order chi connectivity index (χ1) is 11.0. The van der Waals surface area contributed by atoms with Gasteiger partial charge in [0.05, 0.1) is 31.8 Å². The van der Waals surface area contributed by atoms with E-state index in [1.807, 2.05) is 24.3 Å². The lowest BCUT2D eigenvalue weighted by Gasteiger charge is -2.14. The fourth-order valence-electron chi connectivity index (χ4n) is 2.06. The van der Waals surface area contributed by atoms with Crippen molar-refractivity contribution in [3.05, 3.63) is 47.8 Å². The van der Waals surface area contributed by atoms with E-state index in [-0.39, 0.29) is 18.9 Å². The summed E-state index contributed by atoms with van der Waals surface area (Å²) in [6, 6.07) is 7.59. The normalized spacial score (nSPS) is 10.3. The number of ether oxygens (including phenoxy) is 1. The molecule has 0 saturated heterocycles. The molecule has 1 aromatic heterocycles. The molecule has 0 aliphatic carbocycles. The fourth-order valence-corrected chi connectivity index (χ4v) is 2.06. The Labute approximate surface area is 134 Å². The van der Waals surface area contributed by atoms with Gasteiger partial charge in [0.2, 0.25) is 0 Å². The second-order valence-electron chi connectivity index (χ2n) is 5.15. The zero-order valence-electron chi connectivity index (χ0n) is 13.1. The van der Waals surface area contributed by atoms with Crippen LogP contribution in [0, 0.1) is 0 Å². The molecule has 0 saturated carbocycles. The van der Waals surface area contributed by atoms with E-state index in [0.29, 0.717) is 12.1 Å². The largest absolute Gasteiger partial charge is 0.497 e. The lowest BCUT2D eigenvalue weighted by Crippen LogP contribution is -2.28. The summed E-state index contributed by atoms with van der Waals surface area (Å²) in [7, 11) is 3.19. The van der Waals surface area contributed by atoms with Crippen molar-refractivity contribution >= 4 is 11.9 Å². The number of rotatable bonds is 7. The maximum absolute atomic E-state index is 12.2. The number of carboxylic acid groups (broad SMARTS) is 1. The Hall–Kier alpha value is -2.83. The van der Waals surface area contributed by atoms with Gasteiger partial charge in [0, 0.05) is 19.8 Å². The molecular formula is C16H19N3O4. The fraction of sp³-hybridized carbons (Fsp3) is 0.312. The first-order valence-electron chi connectivity index (χ1n) is 7.12. The van der Waals surface area contributed by atoms with Crippen LogP contribution in [-0.4, -0.2) is 52.4 Å². The topological polar surface area (TPSA) is 84.7 Å². The molecule has 0 atom stereocenters. The van der Waals surface area contributed by atoms with Crippen molar-refractivity contribution in [2.75, 3.05) is 20.7 Å². The monoisotopic (exact) mass is 317 g/mol. The Bertz CT molecular complexity index is 679. The smallest absolute Gasteiger partial charge is 0.305 e. The van der Waals surface area contributed by atoms with Gasteiger partial charge >= 0.3 is 5.97 Å². The zero-order chi connectivity index (χ0) is 16.8. The third kappa shape index (κ3) is 4.57. The van der Waals surface area contributed by atoms with Crippen LogP contribution in [0.5, 0.6) is 5.75 Å². The SMILES string of the molecule is COc1ccc(Cn2cc(C(=O)N(C)CCC(=O)O)cn2)cc1. The molecule has 0 spiro atoms. The molecule has 2 rings (SSSR count). The van der Waals surface area contributed by atoms with Crippen molar-refractivity contribution in [2.24, 2.45) is 0 Å². The molecule has 1 aromatic carbocycles. The molecule has 0 aliphatic rings. The standard InChI is InChI=1S/C16H19N3O4/c1-18(8-7-15(20)21)16(22)13-9-17-19(11-13)10-12-3-5-14(23-2)6-4-12/h3-6,9,11H,7-8,10H2,1-2H3,(H,20,21). The van der Waals surface area contributed by atoms with E-state index in [1.165, 1.54) is 11.1 Å². The van der Waals surface area contributed by atoms with Crippen molar-refractivity contribution in [1.82, 2.24) is 14.7 Å². The van der Waals surface area contributed by atoms with Crippen LogP contribution in [0.4, 0.5) is 0 Å². The van der Waals surface area contributed by atoms with Gasteiger partial charge in [0.1, 0.15) is 5.75 Å². The summed E-state index contributed by atoms with van der Waals surface area (Å²) in [5, 5.41) is 12.8. The van der Waals surface area contributed by atoms with Gasteiger partial charge in [-0.3, -0.25) is 14.3 Å². The van der Waals surface area contributed by atoms with Crippen molar-refractivity contribution < 1.29 is 19.4 Å². The molecule has 0 aliphatic heterocycles. The lowest BCUT2D eigenvalue weighted by molar-refractivity contribution is -0.137. The third-order valence-electron chi connectivity index (χ3n) is 3.39. The van der Waals surface area contributed by atoms with Gasteiger partial charge < -0.3 is 14.7 Å². The van der Waals surface area contributed by atoms with Crippen LogP contribution in [0.3, 0.4) is 0 Å². The number of carboxylic acids is 1. The predicted molar refractivity (Wildman–Crippen MR) is 83.5 cm³/mol. The van der Waals surface area contributed by atoms with Gasteiger partial charge in [-0.15, -0.1) is 0 Å². The van der Waals surface area contributed by atoms with Crippen LogP contribution in [0.15, 0.2) is 36.7 Å². The summed E-state index contributed by atoms with van der Waals surface area (Å²) >= 11 is 0. The Balaban J connectivity index is 1.98. The van der Waals surface area contributed by atoms with E-state index in [2.05, 4.69) is 5.10 Å². The number of carbonyl (C=O) groups is 2. The molecule has 0 radical (unpaired) electrons. The van der Waals surface area contributed by atoms with Crippen LogP contribution in [0.2, 0.25) is 0 Å². The Morgan fingerprint density at radius 3 is 2.61 bits per heavy atom. The number of hydrogen-bond acceptors (Lipinski definition) is 4. The highest BCUT2D eigenvalue weighted by atomic mass is 16.5. The van der Waals surface area contributed by atoms with Crippen LogP contribution < -0.4 is 4.74 Å². The second-order valence-corrected chi connectivity index (χ2v) is 5.15. The molecular weight excluding hydrogens is 298 g/mol. The van der Waals surface area contributed by atoms with Crippen molar-refractivity contribution in [2.45, 2.75) is 13.0 Å². The van der Waals surface area contributed by atoms with E-state index in [9.17, 15) is 9.59 Å². The summed E-state index contributed by atoms with van der Waals surface area (Å²) in [5.74, 6) is -0.391. The van der Waals surface area contributed by atoms with Crippen LogP contribution in [0.25, 0.3) is 0 Å². The van der Waals surface area contributed by atoms with Crippen molar-refractivity contribution in [3.8, 4) is 5.75 Å². The van der Waals surface area contributed by atoms with E-state index in [1.54, 1.807) is 25.0 Å². The highest BCUT2D eigenvalue weighted by Gasteiger charge is 2.14. The maximum atomic E-state index is 12.2. The highest BCUT2D eigenvalue weighted by molar-refractivity contribution is 5.93. The number of methoxy groups -OCH3 is 1. The second kappa shape index (κ2) is 7.44. The van der Waals surface area contributed by atoms with E-state index >= 15 is 0 Å². The molecule has 1 amide bonds. The minimum atomic E-state index is -0.931. The van der Waals surface area contributed by atoms with Crippen molar-refractivity contribution in [1.29, 1.82) is 0 Å². The van der Waals surface area contributed by atoms with Crippen molar-refractivity contribution in [3.63, 3.8) is 0 Å². The van der Waals surface area contributed by atoms with Crippen LogP contribution in [0.1, 0.15) is 22.3 Å². The number of aliphatic carboxylic acids is 1. The average Bonchev–Trinajstić information content (AvgIpc) is 3.01. The summed E-state index contributed by atoms with van der Waals surface area (Å²) in [6.45, 7) is 0.702. The summed E-state index contributed by atoms with van der Waals surface area (Å²) in [4.78, 5) is 24.1. The molecule has 0 fully saturated rings. The van der Waals surface area contributed by atoms with Crippen LogP contribution >= 0.6 is 0 Å². The van der Waals surface area contributed by atoms with Gasteiger partial charge in [-0.25, -0.2) is 0 Å². The number of amides is 1. The van der Waals surface area contributed by atoms with Crippen LogP contribution in [-0.2, 0) is 11.3 Å². The molecule has 7 heteroatoms. The predicted octanol–water partition coefficient (Wildman–Crippen LogP) is 1.49. The third-order valence-corrected chi connectivity index (χ3v) is 3.39. The van der Waals surface area contributed by atoms with Gasteiger partial charge in [0.15, 0.2) is 0 Å². The molecule has 1 heterocycles. The minimum Gasteiger partial charge on any atom is -0.497 e. The average molecular weight is 317 g/mol. The lowest BCUT2D eigenvalue weighted by atomic mass is 10.2.